The van der Waals surface area contributed by atoms with Crippen LogP contribution in [0.25, 0.3) is 0 Å². The summed E-state index contributed by atoms with van der Waals surface area (Å²) in [5.74, 6) is -0.984. The Kier molecular flexibility index (Phi) is 2.91. The van der Waals surface area contributed by atoms with E-state index < -0.39 is 17.8 Å². The quantitative estimate of drug-likeness (QED) is 0.673. The average Bonchev–Trinajstić information content (AvgIpc) is 2.67. The third kappa shape index (κ3) is 1.92. The molecule has 16 heavy (non-hydrogen) atoms. The molecule has 0 aromatic carbocycles. The van der Waals surface area contributed by atoms with E-state index in [2.05, 4.69) is 5.32 Å². The molecule has 4 amide bonds. The van der Waals surface area contributed by atoms with Crippen LogP contribution in [0.4, 0.5) is 4.79 Å². The smallest absolute Gasteiger partial charge is 0.331 e. The average molecular weight is 226 g/mol. The first-order valence-corrected chi connectivity index (χ1v) is 5.37. The zero-order valence-corrected chi connectivity index (χ0v) is 9.06. The van der Waals surface area contributed by atoms with Crippen LogP contribution in [0.5, 0.6) is 0 Å². The molecular weight excluding hydrogens is 212 g/mol. The molecule has 2 rings (SSSR count). The molecule has 0 aliphatic carbocycles. The van der Waals surface area contributed by atoms with Gasteiger partial charge in [0, 0.05) is 6.61 Å². The topological polar surface area (TPSA) is 75.7 Å². The molecule has 2 heterocycles. The highest BCUT2D eigenvalue weighted by Crippen LogP contribution is 2.21. The summed E-state index contributed by atoms with van der Waals surface area (Å²) in [6, 6.07) is -0.952. The lowest BCUT2D eigenvalue weighted by Crippen LogP contribution is -2.58. The summed E-state index contributed by atoms with van der Waals surface area (Å²) in [6.45, 7) is 2.43. The molecule has 88 valence electrons. The highest BCUT2D eigenvalue weighted by Gasteiger charge is 2.38. The van der Waals surface area contributed by atoms with Crippen molar-refractivity contribution < 1.29 is 19.1 Å². The maximum Gasteiger partial charge on any atom is 0.331 e. The molecule has 0 aromatic rings. The van der Waals surface area contributed by atoms with Gasteiger partial charge in [0.25, 0.3) is 0 Å². The van der Waals surface area contributed by atoms with Crippen molar-refractivity contribution in [2.24, 2.45) is 0 Å². The minimum atomic E-state index is -0.635. The molecule has 6 heteroatoms. The second-order valence-electron chi connectivity index (χ2n) is 4.09. The van der Waals surface area contributed by atoms with Crippen molar-refractivity contribution in [3.05, 3.63) is 0 Å². The van der Waals surface area contributed by atoms with Gasteiger partial charge < -0.3 is 4.74 Å². The van der Waals surface area contributed by atoms with Gasteiger partial charge >= 0.3 is 6.03 Å². The predicted octanol–water partition coefficient (Wildman–Crippen LogP) is 0.0224. The Bertz CT molecular complexity index is 316. The Morgan fingerprint density at radius 1 is 1.44 bits per heavy atom. The van der Waals surface area contributed by atoms with Crippen molar-refractivity contribution in [3.8, 4) is 0 Å². The molecule has 1 N–H and O–H groups in total. The van der Waals surface area contributed by atoms with E-state index in [4.69, 9.17) is 4.74 Å². The first kappa shape index (κ1) is 11.1. The summed E-state index contributed by atoms with van der Waals surface area (Å²) >= 11 is 0. The Morgan fingerprint density at radius 2 is 2.19 bits per heavy atom. The van der Waals surface area contributed by atoms with E-state index >= 15 is 0 Å². The van der Waals surface area contributed by atoms with Crippen molar-refractivity contribution >= 4 is 17.8 Å². The van der Waals surface area contributed by atoms with Crippen molar-refractivity contribution in [2.45, 2.75) is 38.3 Å². The molecule has 2 fully saturated rings. The monoisotopic (exact) mass is 226 g/mol. The molecule has 0 aromatic heterocycles. The number of barbiturate groups is 1. The normalized spacial score (nSPS) is 28.2. The molecule has 0 bridgehead atoms. The van der Waals surface area contributed by atoms with E-state index in [1.165, 1.54) is 0 Å². The van der Waals surface area contributed by atoms with E-state index in [1.54, 1.807) is 6.92 Å². The molecule has 2 unspecified atom stereocenters. The Hall–Kier alpha value is -1.43. The van der Waals surface area contributed by atoms with E-state index in [-0.39, 0.29) is 18.6 Å². The SMILES string of the molecule is CC(C1CCCO1)N1C(=O)CC(=O)NC1=O. The number of carbonyl (C=O) groups is 3. The second-order valence-corrected chi connectivity index (χ2v) is 4.09. The van der Waals surface area contributed by atoms with Gasteiger partial charge in [-0.2, -0.15) is 0 Å². The molecular formula is C10H14N2O4. The second kappa shape index (κ2) is 4.21. The third-order valence-electron chi connectivity index (χ3n) is 2.96. The van der Waals surface area contributed by atoms with Crippen LogP contribution in [0, 0.1) is 0 Å². The summed E-state index contributed by atoms with van der Waals surface area (Å²) in [6.07, 6.45) is 1.41. The van der Waals surface area contributed by atoms with Gasteiger partial charge in [0.05, 0.1) is 12.1 Å². The van der Waals surface area contributed by atoms with E-state index in [0.717, 1.165) is 17.7 Å². The van der Waals surface area contributed by atoms with Crippen LogP contribution in [0.2, 0.25) is 0 Å². The van der Waals surface area contributed by atoms with E-state index in [1.807, 2.05) is 0 Å². The standard InChI is InChI=1S/C10H14N2O4/c1-6(7-3-2-4-16-7)12-9(14)5-8(13)11-10(12)15/h6-7H,2-5H2,1H3,(H,11,13,15). The summed E-state index contributed by atoms with van der Waals surface area (Å²) in [5, 5.41) is 2.14. The number of hydrogen-bond donors (Lipinski definition) is 1. The maximum atomic E-state index is 11.6. The number of nitrogens with zero attached hydrogens (tertiary/aromatic N) is 1. The Morgan fingerprint density at radius 3 is 2.75 bits per heavy atom. The number of urea groups is 1. The van der Waals surface area contributed by atoms with Gasteiger partial charge in [0.15, 0.2) is 0 Å². The van der Waals surface area contributed by atoms with Crippen molar-refractivity contribution in [1.82, 2.24) is 10.2 Å². The minimum absolute atomic E-state index is 0.108. The molecule has 6 nitrogen and oxygen atoms in total. The fourth-order valence-corrected chi connectivity index (χ4v) is 2.12. The van der Waals surface area contributed by atoms with Gasteiger partial charge in [0.1, 0.15) is 6.42 Å². The molecule has 0 saturated carbocycles. The number of hydrogen-bond acceptors (Lipinski definition) is 4. The van der Waals surface area contributed by atoms with Crippen LogP contribution in [0.3, 0.4) is 0 Å². The van der Waals surface area contributed by atoms with Gasteiger partial charge in [-0.3, -0.25) is 19.8 Å². The summed E-state index contributed by atoms with van der Waals surface area (Å²) in [7, 11) is 0. The number of carbonyl (C=O) groups excluding carboxylic acids is 3. The van der Waals surface area contributed by atoms with Crippen LogP contribution in [-0.2, 0) is 14.3 Å². The Balaban J connectivity index is 2.09. The van der Waals surface area contributed by atoms with Gasteiger partial charge in [0.2, 0.25) is 11.8 Å². The zero-order valence-electron chi connectivity index (χ0n) is 9.06. The summed E-state index contributed by atoms with van der Waals surface area (Å²) in [4.78, 5) is 35.2. The molecule has 0 radical (unpaired) electrons. The first-order chi connectivity index (χ1) is 7.59. The number of imide groups is 2. The van der Waals surface area contributed by atoms with Crippen molar-refractivity contribution in [1.29, 1.82) is 0 Å². The van der Waals surface area contributed by atoms with Gasteiger partial charge in [-0.25, -0.2) is 4.79 Å². The number of rotatable bonds is 2. The lowest BCUT2D eigenvalue weighted by atomic mass is 10.1. The van der Waals surface area contributed by atoms with Crippen LogP contribution in [0.15, 0.2) is 0 Å². The van der Waals surface area contributed by atoms with Crippen LogP contribution in [-0.4, -0.2) is 41.5 Å². The molecule has 2 aliphatic heterocycles. The number of nitrogens with one attached hydrogen (secondary N) is 1. The van der Waals surface area contributed by atoms with Gasteiger partial charge in [-0.1, -0.05) is 0 Å². The van der Waals surface area contributed by atoms with Gasteiger partial charge in [-0.05, 0) is 19.8 Å². The fourth-order valence-electron chi connectivity index (χ4n) is 2.12. The van der Waals surface area contributed by atoms with Crippen molar-refractivity contribution in [3.63, 3.8) is 0 Å². The number of amides is 4. The molecule has 2 atom stereocenters. The lowest BCUT2D eigenvalue weighted by molar-refractivity contribution is -0.139. The highest BCUT2D eigenvalue weighted by molar-refractivity contribution is 6.14. The first-order valence-electron chi connectivity index (χ1n) is 5.37. The zero-order chi connectivity index (χ0) is 11.7. The van der Waals surface area contributed by atoms with E-state index in [0.29, 0.717) is 6.61 Å². The third-order valence-corrected chi connectivity index (χ3v) is 2.96. The lowest BCUT2D eigenvalue weighted by Gasteiger charge is -2.32. The summed E-state index contributed by atoms with van der Waals surface area (Å²) in [5.41, 5.74) is 0. The summed E-state index contributed by atoms with van der Waals surface area (Å²) < 4.78 is 5.43. The van der Waals surface area contributed by atoms with Crippen LogP contribution in [0.1, 0.15) is 26.2 Å². The number of ether oxygens (including phenoxy) is 1. The van der Waals surface area contributed by atoms with Crippen LogP contribution < -0.4 is 5.32 Å². The highest BCUT2D eigenvalue weighted by atomic mass is 16.5. The van der Waals surface area contributed by atoms with Gasteiger partial charge in [-0.15, -0.1) is 0 Å². The molecule has 0 spiro atoms. The molecule has 2 saturated heterocycles. The minimum Gasteiger partial charge on any atom is -0.376 e. The van der Waals surface area contributed by atoms with E-state index in [9.17, 15) is 14.4 Å². The predicted molar refractivity (Wildman–Crippen MR) is 53.4 cm³/mol. The fraction of sp³-hybridized carbons (Fsp3) is 0.700. The Labute approximate surface area is 92.9 Å². The van der Waals surface area contributed by atoms with Crippen LogP contribution >= 0.6 is 0 Å². The largest absolute Gasteiger partial charge is 0.376 e. The maximum absolute atomic E-state index is 11.6. The molecule has 2 aliphatic rings. The van der Waals surface area contributed by atoms with Crippen molar-refractivity contribution in [2.75, 3.05) is 6.61 Å².